The van der Waals surface area contributed by atoms with Gasteiger partial charge in [-0.25, -0.2) is 4.79 Å². The first kappa shape index (κ1) is 18.5. The van der Waals surface area contributed by atoms with Crippen molar-refractivity contribution in [3.05, 3.63) is 70.6 Å². The molecule has 0 unspecified atom stereocenters. The summed E-state index contributed by atoms with van der Waals surface area (Å²) in [7, 11) is 0. The van der Waals surface area contributed by atoms with Gasteiger partial charge in [-0.3, -0.25) is 4.79 Å². The molecular formula is C21H21NO5. The predicted molar refractivity (Wildman–Crippen MR) is 102 cm³/mol. The van der Waals surface area contributed by atoms with Gasteiger partial charge in [0, 0.05) is 17.5 Å². The van der Waals surface area contributed by atoms with Gasteiger partial charge in [-0.15, -0.1) is 0 Å². The average Bonchev–Trinajstić information content (AvgIpc) is 2.69. The summed E-state index contributed by atoms with van der Waals surface area (Å²) < 4.78 is 16.2. The molecule has 0 fully saturated rings. The number of hydrogen-bond donors (Lipinski definition) is 1. The summed E-state index contributed by atoms with van der Waals surface area (Å²) in [4.78, 5) is 23.5. The molecule has 1 heterocycles. The summed E-state index contributed by atoms with van der Waals surface area (Å²) in [5.74, 6) is 0.970. The van der Waals surface area contributed by atoms with Gasteiger partial charge in [-0.2, -0.15) is 0 Å². The van der Waals surface area contributed by atoms with Crippen LogP contribution in [0.25, 0.3) is 11.0 Å². The largest absolute Gasteiger partial charge is 0.492 e. The Morgan fingerprint density at radius 2 is 1.85 bits per heavy atom. The molecular weight excluding hydrogens is 346 g/mol. The van der Waals surface area contributed by atoms with Crippen LogP contribution >= 0.6 is 0 Å². The Bertz CT molecular complexity index is 965. The Morgan fingerprint density at radius 1 is 1.04 bits per heavy atom. The van der Waals surface area contributed by atoms with E-state index in [1.165, 1.54) is 6.07 Å². The minimum Gasteiger partial charge on any atom is -0.492 e. The highest BCUT2D eigenvalue weighted by Crippen LogP contribution is 2.22. The number of ether oxygens (including phenoxy) is 2. The van der Waals surface area contributed by atoms with Crippen molar-refractivity contribution in [2.75, 3.05) is 19.8 Å². The topological polar surface area (TPSA) is 77.8 Å². The minimum absolute atomic E-state index is 0.130. The fourth-order valence-corrected chi connectivity index (χ4v) is 2.67. The number of fused-ring (bicyclic) bond motifs is 1. The first-order valence-corrected chi connectivity index (χ1v) is 8.80. The number of benzene rings is 2. The van der Waals surface area contributed by atoms with Gasteiger partial charge in [-0.05, 0) is 36.2 Å². The van der Waals surface area contributed by atoms with Gasteiger partial charge in [0.1, 0.15) is 23.7 Å². The Labute approximate surface area is 156 Å². The van der Waals surface area contributed by atoms with Crippen LogP contribution < -0.4 is 20.4 Å². The van der Waals surface area contributed by atoms with E-state index in [-0.39, 0.29) is 12.5 Å². The lowest BCUT2D eigenvalue weighted by Gasteiger charge is -2.09. The lowest BCUT2D eigenvalue weighted by molar-refractivity contribution is -0.123. The number of rotatable bonds is 8. The molecule has 3 aromatic rings. The maximum atomic E-state index is 11.9. The summed E-state index contributed by atoms with van der Waals surface area (Å²) in [5.41, 5.74) is 0.977. The van der Waals surface area contributed by atoms with Crippen molar-refractivity contribution < 1.29 is 18.7 Å². The smallest absolute Gasteiger partial charge is 0.336 e. The molecule has 0 atom stereocenters. The second-order valence-electron chi connectivity index (χ2n) is 5.90. The molecule has 6 heteroatoms. The minimum atomic E-state index is -0.396. The van der Waals surface area contributed by atoms with E-state index in [1.807, 2.05) is 43.3 Å². The molecule has 1 aromatic heterocycles. The van der Waals surface area contributed by atoms with Crippen molar-refractivity contribution >= 4 is 16.9 Å². The van der Waals surface area contributed by atoms with Crippen LogP contribution in [0.3, 0.4) is 0 Å². The first-order valence-electron chi connectivity index (χ1n) is 8.80. The number of carbonyl (C=O) groups excluding carboxylic acids is 1. The number of amides is 1. The maximum Gasteiger partial charge on any atom is 0.336 e. The van der Waals surface area contributed by atoms with Gasteiger partial charge in [0.15, 0.2) is 6.61 Å². The number of carbonyl (C=O) groups is 1. The van der Waals surface area contributed by atoms with Crippen LogP contribution in [0.2, 0.25) is 0 Å². The first-order chi connectivity index (χ1) is 13.2. The molecule has 0 aliphatic carbocycles. The predicted octanol–water partition coefficient (Wildman–Crippen LogP) is 2.93. The van der Waals surface area contributed by atoms with Gasteiger partial charge in [0.05, 0.1) is 6.54 Å². The molecule has 2 aromatic carbocycles. The Balaban J connectivity index is 1.49. The molecule has 0 bridgehead atoms. The zero-order valence-electron chi connectivity index (χ0n) is 15.1. The average molecular weight is 367 g/mol. The molecule has 0 saturated heterocycles. The normalized spacial score (nSPS) is 10.6. The second kappa shape index (κ2) is 8.89. The van der Waals surface area contributed by atoms with E-state index >= 15 is 0 Å². The summed E-state index contributed by atoms with van der Waals surface area (Å²) in [6.45, 7) is 2.60. The fourth-order valence-electron chi connectivity index (χ4n) is 2.67. The van der Waals surface area contributed by atoms with Gasteiger partial charge in [0.25, 0.3) is 5.91 Å². The van der Waals surface area contributed by atoms with Gasteiger partial charge < -0.3 is 19.2 Å². The summed E-state index contributed by atoms with van der Waals surface area (Å²) in [5, 5.41) is 3.59. The number of hydrogen-bond acceptors (Lipinski definition) is 5. The molecule has 140 valence electrons. The highest BCUT2D eigenvalue weighted by molar-refractivity contribution is 5.82. The highest BCUT2D eigenvalue weighted by atomic mass is 16.5. The van der Waals surface area contributed by atoms with E-state index in [9.17, 15) is 9.59 Å². The van der Waals surface area contributed by atoms with Crippen molar-refractivity contribution in [1.82, 2.24) is 5.32 Å². The van der Waals surface area contributed by atoms with E-state index in [0.29, 0.717) is 24.5 Å². The van der Waals surface area contributed by atoms with Crippen molar-refractivity contribution in [3.8, 4) is 11.5 Å². The third kappa shape index (κ3) is 5.10. The lowest BCUT2D eigenvalue weighted by atomic mass is 10.1. The van der Waals surface area contributed by atoms with Crippen molar-refractivity contribution in [3.63, 3.8) is 0 Å². The van der Waals surface area contributed by atoms with E-state index in [2.05, 4.69) is 5.32 Å². The lowest BCUT2D eigenvalue weighted by Crippen LogP contribution is -2.32. The summed E-state index contributed by atoms with van der Waals surface area (Å²) in [6, 6.07) is 16.1. The standard InChI is InChI=1S/C21H21NO5/c1-2-15-12-21(24)27-19-13-17(8-9-18(15)19)26-14-20(23)22-10-11-25-16-6-4-3-5-7-16/h3-9,12-13H,2,10-11,14H2,1H3,(H,22,23). The molecule has 1 N–H and O–H groups in total. The molecule has 0 saturated carbocycles. The third-order valence-corrected chi connectivity index (χ3v) is 3.99. The van der Waals surface area contributed by atoms with Crippen LogP contribution in [0.15, 0.2) is 63.8 Å². The van der Waals surface area contributed by atoms with Crippen molar-refractivity contribution in [2.45, 2.75) is 13.3 Å². The van der Waals surface area contributed by atoms with E-state index in [0.717, 1.165) is 23.1 Å². The van der Waals surface area contributed by atoms with E-state index in [4.69, 9.17) is 13.9 Å². The Hall–Kier alpha value is -3.28. The summed E-state index contributed by atoms with van der Waals surface area (Å²) in [6.07, 6.45) is 0.732. The molecule has 3 rings (SSSR count). The quantitative estimate of drug-likeness (QED) is 0.489. The molecule has 0 aliphatic rings. The number of aryl methyl sites for hydroxylation is 1. The van der Waals surface area contributed by atoms with Crippen LogP contribution in [0.5, 0.6) is 11.5 Å². The van der Waals surface area contributed by atoms with Crippen molar-refractivity contribution in [1.29, 1.82) is 0 Å². The van der Waals surface area contributed by atoms with Gasteiger partial charge in [-0.1, -0.05) is 25.1 Å². The van der Waals surface area contributed by atoms with Gasteiger partial charge >= 0.3 is 5.63 Å². The zero-order chi connectivity index (χ0) is 19.1. The zero-order valence-corrected chi connectivity index (χ0v) is 15.1. The maximum absolute atomic E-state index is 11.9. The number of para-hydroxylation sites is 1. The Morgan fingerprint density at radius 3 is 2.63 bits per heavy atom. The van der Waals surface area contributed by atoms with E-state index < -0.39 is 5.63 Å². The molecule has 0 radical (unpaired) electrons. The van der Waals surface area contributed by atoms with Crippen LogP contribution in [-0.4, -0.2) is 25.7 Å². The van der Waals surface area contributed by atoms with Crippen LogP contribution in [0, 0.1) is 0 Å². The number of nitrogens with one attached hydrogen (secondary N) is 1. The fraction of sp³-hybridized carbons (Fsp3) is 0.238. The van der Waals surface area contributed by atoms with Crippen LogP contribution in [-0.2, 0) is 11.2 Å². The molecule has 0 spiro atoms. The molecule has 0 aliphatic heterocycles. The van der Waals surface area contributed by atoms with Crippen LogP contribution in [0.4, 0.5) is 0 Å². The molecule has 1 amide bonds. The Kier molecular flexibility index (Phi) is 6.10. The van der Waals surface area contributed by atoms with Crippen molar-refractivity contribution in [2.24, 2.45) is 0 Å². The summed E-state index contributed by atoms with van der Waals surface area (Å²) >= 11 is 0. The van der Waals surface area contributed by atoms with Gasteiger partial charge in [0.2, 0.25) is 0 Å². The monoisotopic (exact) mass is 367 g/mol. The van der Waals surface area contributed by atoms with E-state index in [1.54, 1.807) is 12.1 Å². The second-order valence-corrected chi connectivity index (χ2v) is 5.90. The molecule has 6 nitrogen and oxygen atoms in total. The highest BCUT2D eigenvalue weighted by Gasteiger charge is 2.07. The third-order valence-electron chi connectivity index (χ3n) is 3.99. The molecule has 27 heavy (non-hydrogen) atoms. The van der Waals surface area contributed by atoms with Crippen LogP contribution in [0.1, 0.15) is 12.5 Å². The SMILES string of the molecule is CCc1cc(=O)oc2cc(OCC(=O)NCCOc3ccccc3)ccc12.